The van der Waals surface area contributed by atoms with Gasteiger partial charge in [-0.1, -0.05) is 29.3 Å². The minimum Gasteiger partial charge on any atom is -0.493 e. The highest BCUT2D eigenvalue weighted by atomic mass is 35.5. The molecule has 0 atom stereocenters. The molecule has 2 aromatic carbocycles. The number of halogens is 4. The zero-order valence-corrected chi connectivity index (χ0v) is 19.8. The number of carbonyl (C=O) groups is 1. The number of ether oxygens (including phenoxy) is 2. The first-order valence-corrected chi connectivity index (χ1v) is 10.8. The zero-order valence-electron chi connectivity index (χ0n) is 18.3. The number of nitrogens with one attached hydrogen (secondary N) is 1. The standard InChI is InChI=1S/C23H23Cl2F2N3O3/c1-13-17(14(2)30(29-13)16-5-6-18(24)19(25)11-16)12-22(31)28-9-8-15-4-7-20(32-3)21(10-15)33-23(26)27/h4-7,10-11,23H,8-9,12H2,1-3H3,(H,28,31). The fraction of sp³-hybridized carbons (Fsp3) is 0.304. The van der Waals surface area contributed by atoms with Crippen molar-refractivity contribution in [3.8, 4) is 17.2 Å². The van der Waals surface area contributed by atoms with Crippen LogP contribution in [0.15, 0.2) is 36.4 Å². The van der Waals surface area contributed by atoms with Gasteiger partial charge in [0.25, 0.3) is 0 Å². The number of rotatable bonds is 9. The molecule has 6 nitrogen and oxygen atoms in total. The molecular formula is C23H23Cl2F2N3O3. The first-order chi connectivity index (χ1) is 15.7. The number of amides is 1. The van der Waals surface area contributed by atoms with Gasteiger partial charge in [0.2, 0.25) is 5.91 Å². The van der Waals surface area contributed by atoms with Gasteiger partial charge in [0, 0.05) is 17.8 Å². The van der Waals surface area contributed by atoms with Crippen molar-refractivity contribution in [1.29, 1.82) is 0 Å². The minimum atomic E-state index is -2.95. The summed E-state index contributed by atoms with van der Waals surface area (Å²) in [6.45, 7) is 1.10. The highest BCUT2D eigenvalue weighted by molar-refractivity contribution is 6.42. The molecular weight excluding hydrogens is 475 g/mol. The molecule has 1 N–H and O–H groups in total. The minimum absolute atomic E-state index is 0.0442. The summed E-state index contributed by atoms with van der Waals surface area (Å²) in [5.74, 6) is -0.00206. The predicted octanol–water partition coefficient (Wildman–Crippen LogP) is 5.31. The van der Waals surface area contributed by atoms with E-state index in [1.807, 2.05) is 13.8 Å². The van der Waals surface area contributed by atoms with E-state index >= 15 is 0 Å². The smallest absolute Gasteiger partial charge is 0.387 e. The third-order valence-electron chi connectivity index (χ3n) is 5.11. The van der Waals surface area contributed by atoms with E-state index < -0.39 is 6.61 Å². The van der Waals surface area contributed by atoms with Crippen LogP contribution in [0.2, 0.25) is 10.0 Å². The van der Waals surface area contributed by atoms with E-state index in [0.29, 0.717) is 23.0 Å². The van der Waals surface area contributed by atoms with Gasteiger partial charge >= 0.3 is 6.61 Å². The number of hydrogen-bond acceptors (Lipinski definition) is 4. The predicted molar refractivity (Wildman–Crippen MR) is 123 cm³/mol. The molecule has 3 aromatic rings. The van der Waals surface area contributed by atoms with Gasteiger partial charge in [0.1, 0.15) is 0 Å². The Morgan fingerprint density at radius 3 is 2.55 bits per heavy atom. The van der Waals surface area contributed by atoms with Crippen molar-refractivity contribution < 1.29 is 23.0 Å². The quantitative estimate of drug-likeness (QED) is 0.435. The number of aromatic nitrogens is 2. The number of alkyl halides is 2. The van der Waals surface area contributed by atoms with Crippen LogP contribution in [0, 0.1) is 13.8 Å². The Kier molecular flexibility index (Phi) is 8.15. The second kappa shape index (κ2) is 10.9. The molecule has 3 rings (SSSR count). The Labute approximate surface area is 200 Å². The zero-order chi connectivity index (χ0) is 24.1. The molecule has 1 aromatic heterocycles. The summed E-state index contributed by atoms with van der Waals surface area (Å²) in [6, 6.07) is 9.98. The lowest BCUT2D eigenvalue weighted by Crippen LogP contribution is -2.27. The molecule has 1 amide bonds. The van der Waals surface area contributed by atoms with Gasteiger partial charge in [-0.3, -0.25) is 4.79 Å². The van der Waals surface area contributed by atoms with Crippen molar-refractivity contribution in [3.05, 3.63) is 69.0 Å². The van der Waals surface area contributed by atoms with Gasteiger partial charge in [-0.2, -0.15) is 13.9 Å². The summed E-state index contributed by atoms with van der Waals surface area (Å²) in [5.41, 5.74) is 3.85. The van der Waals surface area contributed by atoms with Gasteiger partial charge in [0.15, 0.2) is 11.5 Å². The second-order valence-electron chi connectivity index (χ2n) is 7.30. The highest BCUT2D eigenvalue weighted by Crippen LogP contribution is 2.30. The van der Waals surface area contributed by atoms with Gasteiger partial charge in [-0.25, -0.2) is 4.68 Å². The molecule has 0 aliphatic rings. The SMILES string of the molecule is COc1ccc(CCNC(=O)Cc2c(C)nn(-c3ccc(Cl)c(Cl)c3)c2C)cc1OC(F)F. The first kappa shape index (κ1) is 24.8. The molecule has 0 aliphatic heterocycles. The number of methoxy groups -OCH3 is 1. The van der Waals surface area contributed by atoms with Crippen molar-refractivity contribution in [1.82, 2.24) is 15.1 Å². The molecule has 176 valence electrons. The first-order valence-electron chi connectivity index (χ1n) is 10.1. The molecule has 0 aliphatic carbocycles. The van der Waals surface area contributed by atoms with Crippen molar-refractivity contribution in [2.75, 3.05) is 13.7 Å². The van der Waals surface area contributed by atoms with Crippen LogP contribution in [-0.2, 0) is 17.6 Å². The molecule has 0 unspecified atom stereocenters. The van der Waals surface area contributed by atoms with E-state index in [4.69, 9.17) is 27.9 Å². The largest absolute Gasteiger partial charge is 0.493 e. The van der Waals surface area contributed by atoms with Crippen molar-refractivity contribution >= 4 is 29.1 Å². The summed E-state index contributed by atoms with van der Waals surface area (Å²) in [6.07, 6.45) is 0.594. The van der Waals surface area contributed by atoms with E-state index in [1.54, 1.807) is 35.0 Å². The maximum Gasteiger partial charge on any atom is 0.387 e. The Morgan fingerprint density at radius 2 is 1.88 bits per heavy atom. The molecule has 1 heterocycles. The number of benzene rings is 2. The van der Waals surface area contributed by atoms with Crippen molar-refractivity contribution in [3.63, 3.8) is 0 Å². The second-order valence-corrected chi connectivity index (χ2v) is 8.11. The number of aryl methyl sites for hydroxylation is 1. The number of nitrogens with zero attached hydrogens (tertiary/aromatic N) is 2. The Balaban J connectivity index is 1.63. The normalized spacial score (nSPS) is 11.0. The average Bonchev–Trinajstić information content (AvgIpc) is 3.04. The van der Waals surface area contributed by atoms with Crippen molar-refractivity contribution in [2.45, 2.75) is 33.3 Å². The number of hydrogen-bond donors (Lipinski definition) is 1. The van der Waals surface area contributed by atoms with E-state index in [9.17, 15) is 13.6 Å². The highest BCUT2D eigenvalue weighted by Gasteiger charge is 2.17. The van der Waals surface area contributed by atoms with E-state index in [0.717, 1.165) is 28.2 Å². The number of carbonyl (C=O) groups excluding carboxylic acids is 1. The lowest BCUT2D eigenvalue weighted by atomic mass is 10.1. The lowest BCUT2D eigenvalue weighted by molar-refractivity contribution is -0.120. The van der Waals surface area contributed by atoms with Crippen LogP contribution in [0.3, 0.4) is 0 Å². The third-order valence-corrected chi connectivity index (χ3v) is 5.85. The van der Waals surface area contributed by atoms with Crippen LogP contribution in [0.5, 0.6) is 11.5 Å². The topological polar surface area (TPSA) is 65.4 Å². The Hall–Kier alpha value is -2.84. The molecule has 0 saturated carbocycles. The van der Waals surface area contributed by atoms with E-state index in [-0.39, 0.29) is 23.8 Å². The lowest BCUT2D eigenvalue weighted by Gasteiger charge is -2.12. The Bertz CT molecular complexity index is 1150. The summed E-state index contributed by atoms with van der Waals surface area (Å²) in [5, 5.41) is 8.25. The fourth-order valence-corrected chi connectivity index (χ4v) is 3.73. The van der Waals surface area contributed by atoms with Crippen LogP contribution >= 0.6 is 23.2 Å². The Morgan fingerprint density at radius 1 is 1.12 bits per heavy atom. The van der Waals surface area contributed by atoms with Crippen LogP contribution < -0.4 is 14.8 Å². The van der Waals surface area contributed by atoms with Gasteiger partial charge in [0.05, 0.1) is 35.0 Å². The van der Waals surface area contributed by atoms with Gasteiger partial charge in [-0.05, 0) is 56.2 Å². The van der Waals surface area contributed by atoms with Crippen LogP contribution in [0.4, 0.5) is 8.78 Å². The summed E-state index contributed by atoms with van der Waals surface area (Å²) >= 11 is 12.1. The van der Waals surface area contributed by atoms with Gasteiger partial charge < -0.3 is 14.8 Å². The summed E-state index contributed by atoms with van der Waals surface area (Å²) in [7, 11) is 1.38. The van der Waals surface area contributed by atoms with Crippen molar-refractivity contribution in [2.24, 2.45) is 0 Å². The molecule has 0 radical (unpaired) electrons. The third kappa shape index (κ3) is 6.15. The van der Waals surface area contributed by atoms with Crippen LogP contribution in [0.25, 0.3) is 5.69 Å². The van der Waals surface area contributed by atoms with E-state index in [1.165, 1.54) is 13.2 Å². The van der Waals surface area contributed by atoms with Crippen LogP contribution in [0.1, 0.15) is 22.5 Å². The fourth-order valence-electron chi connectivity index (χ4n) is 3.43. The van der Waals surface area contributed by atoms with E-state index in [2.05, 4.69) is 15.2 Å². The maximum atomic E-state index is 12.6. The molecule has 0 fully saturated rings. The molecule has 33 heavy (non-hydrogen) atoms. The van der Waals surface area contributed by atoms with Gasteiger partial charge in [-0.15, -0.1) is 0 Å². The summed E-state index contributed by atoms with van der Waals surface area (Å²) < 4.78 is 36.4. The molecule has 0 spiro atoms. The van der Waals surface area contributed by atoms with Crippen LogP contribution in [-0.4, -0.2) is 36.0 Å². The molecule has 10 heteroatoms. The molecule has 0 bridgehead atoms. The average molecular weight is 498 g/mol. The molecule has 0 saturated heterocycles. The maximum absolute atomic E-state index is 12.6. The monoisotopic (exact) mass is 497 g/mol. The summed E-state index contributed by atoms with van der Waals surface area (Å²) in [4.78, 5) is 12.5.